The number of benzene rings is 2. The normalized spacial score (nSPS) is 10.9. The summed E-state index contributed by atoms with van der Waals surface area (Å²) in [7, 11) is 0. The highest BCUT2D eigenvalue weighted by Gasteiger charge is 2.14. The number of halogens is 2. The molecule has 7 heteroatoms. The summed E-state index contributed by atoms with van der Waals surface area (Å²) < 4.78 is 25.2. The first kappa shape index (κ1) is 19.5. The minimum atomic E-state index is -1.12. The van der Waals surface area contributed by atoms with Crippen LogP contribution in [0.15, 0.2) is 40.9 Å². The van der Waals surface area contributed by atoms with E-state index in [0.29, 0.717) is 22.4 Å². The fourth-order valence-corrected chi connectivity index (χ4v) is 2.80. The van der Waals surface area contributed by atoms with Crippen LogP contribution in [0, 0.1) is 17.1 Å². The fraction of sp³-hybridized carbons (Fsp3) is 0.158. The second kappa shape index (κ2) is 9.02. The summed E-state index contributed by atoms with van der Waals surface area (Å²) in [5.74, 6) is -1.04. The van der Waals surface area contributed by atoms with Gasteiger partial charge in [0.2, 0.25) is 0 Å². The van der Waals surface area contributed by atoms with E-state index in [9.17, 15) is 14.4 Å². The Morgan fingerprint density at radius 2 is 2.08 bits per heavy atom. The number of hydrogen-bond donors (Lipinski definition) is 1. The Kier molecular flexibility index (Phi) is 6.75. The molecule has 0 aliphatic heterocycles. The molecular weight excluding hydrogens is 405 g/mol. The summed E-state index contributed by atoms with van der Waals surface area (Å²) >= 11 is 3.32. The van der Waals surface area contributed by atoms with Crippen molar-refractivity contribution in [3.8, 4) is 17.6 Å². The van der Waals surface area contributed by atoms with Crippen LogP contribution in [0.3, 0.4) is 0 Å². The SMILES string of the molecule is CCOc1cc(C=C(C#N)c2ccccc2F)cc(Br)c1OCC(=O)O. The predicted octanol–water partition coefficient (Wildman–Crippen LogP) is 4.51. The molecule has 0 spiro atoms. The Balaban J connectivity index is 2.48. The highest BCUT2D eigenvalue weighted by atomic mass is 79.9. The standard InChI is InChI=1S/C19H15BrFNO4/c1-2-25-17-9-12(8-15(20)19(17)26-11-18(23)24)7-13(10-22)14-5-3-4-6-16(14)21/h3-9H,2,11H2,1H3,(H,23,24). The van der Waals surface area contributed by atoms with Gasteiger partial charge >= 0.3 is 5.97 Å². The molecule has 0 aliphatic carbocycles. The molecule has 1 N–H and O–H groups in total. The fourth-order valence-electron chi connectivity index (χ4n) is 2.22. The maximum Gasteiger partial charge on any atom is 0.341 e. The first-order valence-electron chi connectivity index (χ1n) is 7.63. The van der Waals surface area contributed by atoms with Crippen LogP contribution in [0.5, 0.6) is 11.5 Å². The molecule has 26 heavy (non-hydrogen) atoms. The van der Waals surface area contributed by atoms with Crippen molar-refractivity contribution < 1.29 is 23.8 Å². The molecule has 0 bridgehead atoms. The molecule has 2 aromatic carbocycles. The molecule has 0 amide bonds. The van der Waals surface area contributed by atoms with Crippen molar-refractivity contribution in [1.82, 2.24) is 0 Å². The van der Waals surface area contributed by atoms with E-state index in [1.54, 1.807) is 31.2 Å². The van der Waals surface area contributed by atoms with E-state index in [0.717, 1.165) is 0 Å². The monoisotopic (exact) mass is 419 g/mol. The van der Waals surface area contributed by atoms with E-state index < -0.39 is 18.4 Å². The number of allylic oxidation sites excluding steroid dienone is 1. The first-order valence-corrected chi connectivity index (χ1v) is 8.43. The maximum absolute atomic E-state index is 13.9. The Hall–Kier alpha value is -2.85. The number of hydrogen-bond acceptors (Lipinski definition) is 4. The number of aliphatic carboxylic acids is 1. The van der Waals surface area contributed by atoms with E-state index in [2.05, 4.69) is 15.9 Å². The third kappa shape index (κ3) is 4.83. The van der Waals surface area contributed by atoms with Gasteiger partial charge in [0.15, 0.2) is 18.1 Å². The smallest absolute Gasteiger partial charge is 0.341 e. The average Bonchev–Trinajstić information content (AvgIpc) is 2.59. The third-order valence-electron chi connectivity index (χ3n) is 3.27. The van der Waals surface area contributed by atoms with Gasteiger partial charge in [0, 0.05) is 5.56 Å². The Morgan fingerprint density at radius 1 is 1.35 bits per heavy atom. The Morgan fingerprint density at radius 3 is 2.69 bits per heavy atom. The quantitative estimate of drug-likeness (QED) is 0.527. The zero-order chi connectivity index (χ0) is 19.1. The molecule has 2 aromatic rings. The number of nitriles is 1. The number of carbonyl (C=O) groups is 1. The van der Waals surface area contributed by atoms with Crippen LogP contribution in [0.4, 0.5) is 4.39 Å². The lowest BCUT2D eigenvalue weighted by Gasteiger charge is -2.13. The van der Waals surface area contributed by atoms with Crippen molar-refractivity contribution in [3.63, 3.8) is 0 Å². The molecular formula is C19H15BrFNO4. The topological polar surface area (TPSA) is 79.5 Å². The molecule has 0 aliphatic rings. The van der Waals surface area contributed by atoms with Crippen LogP contribution in [0.1, 0.15) is 18.1 Å². The molecule has 0 fully saturated rings. The summed E-state index contributed by atoms with van der Waals surface area (Å²) in [6, 6.07) is 11.2. The van der Waals surface area contributed by atoms with Crippen LogP contribution in [0.2, 0.25) is 0 Å². The highest BCUT2D eigenvalue weighted by molar-refractivity contribution is 9.10. The van der Waals surface area contributed by atoms with Gasteiger partial charge in [-0.15, -0.1) is 0 Å². The van der Waals surface area contributed by atoms with Crippen molar-refractivity contribution in [2.45, 2.75) is 6.92 Å². The summed E-state index contributed by atoms with van der Waals surface area (Å²) in [6.45, 7) is 1.59. The van der Waals surface area contributed by atoms with Crippen molar-refractivity contribution >= 4 is 33.5 Å². The van der Waals surface area contributed by atoms with Gasteiger partial charge in [-0.3, -0.25) is 0 Å². The minimum absolute atomic E-state index is 0.150. The zero-order valence-electron chi connectivity index (χ0n) is 13.8. The highest BCUT2D eigenvalue weighted by Crippen LogP contribution is 2.38. The van der Waals surface area contributed by atoms with Crippen LogP contribution < -0.4 is 9.47 Å². The number of ether oxygens (including phenoxy) is 2. The number of carboxylic acid groups (broad SMARTS) is 1. The molecule has 0 unspecified atom stereocenters. The lowest BCUT2D eigenvalue weighted by atomic mass is 10.0. The lowest BCUT2D eigenvalue weighted by molar-refractivity contribution is -0.139. The summed E-state index contributed by atoms with van der Waals surface area (Å²) in [4.78, 5) is 10.7. The molecule has 0 saturated heterocycles. The average molecular weight is 420 g/mol. The van der Waals surface area contributed by atoms with Crippen molar-refractivity contribution in [1.29, 1.82) is 5.26 Å². The molecule has 0 saturated carbocycles. The van der Waals surface area contributed by atoms with Gasteiger partial charge in [0.05, 0.1) is 22.7 Å². The lowest BCUT2D eigenvalue weighted by Crippen LogP contribution is -2.10. The van der Waals surface area contributed by atoms with E-state index in [-0.39, 0.29) is 16.9 Å². The van der Waals surface area contributed by atoms with Crippen molar-refractivity contribution in [3.05, 3.63) is 57.8 Å². The summed E-state index contributed by atoms with van der Waals surface area (Å²) in [6.07, 6.45) is 1.52. The number of rotatable bonds is 7. The van der Waals surface area contributed by atoms with Crippen LogP contribution in [0.25, 0.3) is 11.6 Å². The van der Waals surface area contributed by atoms with E-state index in [1.165, 1.54) is 18.2 Å². The van der Waals surface area contributed by atoms with Gasteiger partial charge in [0.25, 0.3) is 0 Å². The largest absolute Gasteiger partial charge is 0.490 e. The summed E-state index contributed by atoms with van der Waals surface area (Å²) in [5, 5.41) is 18.2. The van der Waals surface area contributed by atoms with Gasteiger partial charge in [0.1, 0.15) is 5.82 Å². The Bertz CT molecular complexity index is 890. The molecule has 0 atom stereocenters. The molecule has 134 valence electrons. The minimum Gasteiger partial charge on any atom is -0.490 e. The molecule has 0 radical (unpaired) electrons. The van der Waals surface area contributed by atoms with E-state index in [1.807, 2.05) is 6.07 Å². The van der Waals surface area contributed by atoms with Gasteiger partial charge in [-0.25, -0.2) is 9.18 Å². The van der Waals surface area contributed by atoms with E-state index in [4.69, 9.17) is 14.6 Å². The Labute approximate surface area is 158 Å². The second-order valence-electron chi connectivity index (χ2n) is 5.10. The molecule has 0 aromatic heterocycles. The second-order valence-corrected chi connectivity index (χ2v) is 5.95. The van der Waals surface area contributed by atoms with Crippen molar-refractivity contribution in [2.24, 2.45) is 0 Å². The maximum atomic E-state index is 13.9. The number of carboxylic acids is 1. The predicted molar refractivity (Wildman–Crippen MR) is 98.3 cm³/mol. The van der Waals surface area contributed by atoms with Crippen LogP contribution in [-0.4, -0.2) is 24.3 Å². The van der Waals surface area contributed by atoms with Crippen LogP contribution in [-0.2, 0) is 4.79 Å². The van der Waals surface area contributed by atoms with E-state index >= 15 is 0 Å². The van der Waals surface area contributed by atoms with Crippen molar-refractivity contribution in [2.75, 3.05) is 13.2 Å². The van der Waals surface area contributed by atoms with Gasteiger partial charge in [-0.1, -0.05) is 18.2 Å². The molecule has 5 nitrogen and oxygen atoms in total. The van der Waals surface area contributed by atoms with Gasteiger partial charge < -0.3 is 14.6 Å². The zero-order valence-corrected chi connectivity index (χ0v) is 15.4. The molecule has 0 heterocycles. The third-order valence-corrected chi connectivity index (χ3v) is 3.86. The molecule has 2 rings (SSSR count). The van der Waals surface area contributed by atoms with Gasteiger partial charge in [-0.2, -0.15) is 5.26 Å². The van der Waals surface area contributed by atoms with Gasteiger partial charge in [-0.05, 0) is 52.7 Å². The number of nitrogens with zero attached hydrogens (tertiary/aromatic N) is 1. The van der Waals surface area contributed by atoms with Crippen LogP contribution >= 0.6 is 15.9 Å². The first-order chi connectivity index (χ1) is 12.5. The summed E-state index contributed by atoms with van der Waals surface area (Å²) in [5.41, 5.74) is 0.912.